The molecule has 0 N–H and O–H groups in total. The van der Waals surface area contributed by atoms with Crippen molar-refractivity contribution in [3.63, 3.8) is 0 Å². The van der Waals surface area contributed by atoms with Gasteiger partial charge in [-0.2, -0.15) is 0 Å². The minimum absolute atomic E-state index is 0.104. The first-order valence-corrected chi connectivity index (χ1v) is 25.6. The van der Waals surface area contributed by atoms with E-state index in [1.165, 1.54) is 114 Å². The Balaban J connectivity index is 0.864. The molecular formula is C69H49NS. The standard InChI is InChI=1S/C69H49NS/c1-68(2)61-24-11-9-20-57(61)59-23-13-22-54(66(59)68)47-31-39-52(40-32-47)70(51-37-29-46(30-38-51)53-21-14-26-64-65(53)60-42-33-45-15-7-8-18-55(45)67(60)71-64)50-35-27-44(28-36-50)48-34-41-58-56-19-10-12-25-62(56)69(3,63(58)43-48)49-16-5-4-6-17-49/h4-43H,1-3H3. The van der Waals surface area contributed by atoms with Crippen LogP contribution in [0.2, 0.25) is 0 Å². The van der Waals surface area contributed by atoms with Crippen molar-refractivity contribution < 1.29 is 0 Å². The highest BCUT2D eigenvalue weighted by atomic mass is 32.1. The van der Waals surface area contributed by atoms with Gasteiger partial charge in [0.1, 0.15) is 0 Å². The lowest BCUT2D eigenvalue weighted by Crippen LogP contribution is -2.22. The van der Waals surface area contributed by atoms with Gasteiger partial charge in [0.05, 0.1) is 0 Å². The molecule has 0 saturated carbocycles. The summed E-state index contributed by atoms with van der Waals surface area (Å²) in [5.74, 6) is 0. The fourth-order valence-electron chi connectivity index (χ4n) is 12.5. The van der Waals surface area contributed by atoms with Crippen molar-refractivity contribution in [2.24, 2.45) is 0 Å². The van der Waals surface area contributed by atoms with Crippen LogP contribution >= 0.6 is 11.3 Å². The zero-order valence-electron chi connectivity index (χ0n) is 39.9. The van der Waals surface area contributed by atoms with Crippen molar-refractivity contribution in [3.8, 4) is 55.6 Å². The van der Waals surface area contributed by atoms with Gasteiger partial charge in [-0.25, -0.2) is 0 Å². The van der Waals surface area contributed by atoms with Gasteiger partial charge in [0.25, 0.3) is 0 Å². The van der Waals surface area contributed by atoms with E-state index < -0.39 is 0 Å². The molecule has 0 fully saturated rings. The Morgan fingerprint density at radius 3 is 1.62 bits per heavy atom. The maximum atomic E-state index is 2.44. The van der Waals surface area contributed by atoms with E-state index in [4.69, 9.17) is 0 Å². The average Bonchev–Trinajstić information content (AvgIpc) is 4.03. The molecule has 1 aromatic heterocycles. The lowest BCUT2D eigenvalue weighted by Gasteiger charge is -2.28. The molecule has 2 aliphatic carbocycles. The summed E-state index contributed by atoms with van der Waals surface area (Å²) in [6.07, 6.45) is 0. The molecule has 2 aliphatic rings. The van der Waals surface area contributed by atoms with Crippen LogP contribution in [0.5, 0.6) is 0 Å². The molecule has 0 spiro atoms. The molecule has 336 valence electrons. The first-order chi connectivity index (χ1) is 34.8. The van der Waals surface area contributed by atoms with E-state index in [1.54, 1.807) is 0 Å². The summed E-state index contributed by atoms with van der Waals surface area (Å²) in [6, 6.07) is 90.5. The molecule has 0 radical (unpaired) electrons. The van der Waals surface area contributed by atoms with E-state index in [9.17, 15) is 0 Å². The molecule has 1 unspecified atom stereocenters. The third-order valence-electron chi connectivity index (χ3n) is 16.0. The summed E-state index contributed by atoms with van der Waals surface area (Å²) in [6.45, 7) is 7.14. The Hall–Kier alpha value is -8.30. The molecule has 12 aromatic rings. The summed E-state index contributed by atoms with van der Waals surface area (Å²) in [5, 5.41) is 5.24. The predicted molar refractivity (Wildman–Crippen MR) is 303 cm³/mol. The van der Waals surface area contributed by atoms with Crippen LogP contribution in [0.25, 0.3) is 86.6 Å². The number of anilines is 3. The minimum Gasteiger partial charge on any atom is -0.311 e. The van der Waals surface area contributed by atoms with E-state index in [0.717, 1.165) is 17.1 Å². The van der Waals surface area contributed by atoms with Gasteiger partial charge in [-0.05, 0) is 150 Å². The highest BCUT2D eigenvalue weighted by Crippen LogP contribution is 2.55. The van der Waals surface area contributed by atoms with Gasteiger partial charge >= 0.3 is 0 Å². The monoisotopic (exact) mass is 923 g/mol. The molecule has 1 atom stereocenters. The molecule has 11 aromatic carbocycles. The second kappa shape index (κ2) is 15.9. The van der Waals surface area contributed by atoms with Crippen molar-refractivity contribution in [1.29, 1.82) is 0 Å². The number of hydrogen-bond acceptors (Lipinski definition) is 2. The molecule has 1 nitrogen and oxygen atoms in total. The second-order valence-electron chi connectivity index (χ2n) is 20.1. The van der Waals surface area contributed by atoms with Crippen LogP contribution in [0.15, 0.2) is 243 Å². The van der Waals surface area contributed by atoms with Crippen LogP contribution in [-0.4, -0.2) is 0 Å². The Labute approximate surface area is 419 Å². The first kappa shape index (κ1) is 41.7. The van der Waals surface area contributed by atoms with Crippen LogP contribution in [0.4, 0.5) is 17.1 Å². The lowest BCUT2D eigenvalue weighted by atomic mass is 9.74. The van der Waals surface area contributed by atoms with Crippen molar-refractivity contribution in [2.75, 3.05) is 4.90 Å². The SMILES string of the molecule is CC1(C)c2ccccc2-c2cccc(-c3ccc(N(c4ccc(-c5ccc6c(c5)C(C)(c5ccccc5)c5ccccc5-6)cc4)c4ccc(-c5cccc6sc7c8ccccc8ccc7c56)cc4)cc3)c21. The third-order valence-corrected chi connectivity index (χ3v) is 17.2. The van der Waals surface area contributed by atoms with Gasteiger partial charge in [-0.1, -0.05) is 208 Å². The van der Waals surface area contributed by atoms with Crippen LogP contribution in [0, 0.1) is 0 Å². The van der Waals surface area contributed by atoms with Crippen LogP contribution < -0.4 is 4.90 Å². The molecule has 0 saturated heterocycles. The van der Waals surface area contributed by atoms with Crippen molar-refractivity contribution >= 4 is 59.3 Å². The first-order valence-electron chi connectivity index (χ1n) is 24.8. The summed E-state index contributed by atoms with van der Waals surface area (Å²) in [4.78, 5) is 2.41. The third kappa shape index (κ3) is 6.31. The number of nitrogens with zero attached hydrogens (tertiary/aromatic N) is 1. The van der Waals surface area contributed by atoms with Gasteiger partial charge in [0, 0.05) is 48.1 Å². The Kier molecular flexibility index (Phi) is 9.31. The molecule has 71 heavy (non-hydrogen) atoms. The van der Waals surface area contributed by atoms with Gasteiger partial charge in [-0.15, -0.1) is 11.3 Å². The van der Waals surface area contributed by atoms with Crippen molar-refractivity contribution in [2.45, 2.75) is 31.6 Å². The number of hydrogen-bond donors (Lipinski definition) is 0. The normalized spacial score (nSPS) is 15.1. The van der Waals surface area contributed by atoms with Crippen molar-refractivity contribution in [1.82, 2.24) is 0 Å². The van der Waals surface area contributed by atoms with Gasteiger partial charge < -0.3 is 4.90 Å². The summed E-state index contributed by atoms with van der Waals surface area (Å²) in [7, 11) is 0. The molecule has 0 bridgehead atoms. The molecule has 1 heterocycles. The number of rotatable bonds is 7. The zero-order chi connectivity index (χ0) is 47.4. The number of benzene rings is 11. The van der Waals surface area contributed by atoms with E-state index in [1.807, 2.05) is 11.3 Å². The minimum atomic E-state index is -0.256. The maximum Gasteiger partial charge on any atom is 0.0462 e. The fraction of sp³-hybridized carbons (Fsp3) is 0.0725. The van der Waals surface area contributed by atoms with Gasteiger partial charge in [0.2, 0.25) is 0 Å². The molecule has 14 rings (SSSR count). The average molecular weight is 924 g/mol. The summed E-state index contributed by atoms with van der Waals surface area (Å²) < 4.78 is 2.66. The quantitative estimate of drug-likeness (QED) is 0.154. The predicted octanol–water partition coefficient (Wildman–Crippen LogP) is 19.3. The molecular weight excluding hydrogens is 875 g/mol. The van der Waals surface area contributed by atoms with E-state index >= 15 is 0 Å². The lowest BCUT2D eigenvalue weighted by molar-refractivity contribution is 0.662. The zero-order valence-corrected chi connectivity index (χ0v) is 40.8. The molecule has 2 heteroatoms. The van der Waals surface area contributed by atoms with Crippen LogP contribution in [0.3, 0.4) is 0 Å². The van der Waals surface area contributed by atoms with E-state index in [0.29, 0.717) is 0 Å². The number of thiophene rings is 1. The Morgan fingerprint density at radius 2 is 0.887 bits per heavy atom. The molecule has 0 aliphatic heterocycles. The topological polar surface area (TPSA) is 3.24 Å². The second-order valence-corrected chi connectivity index (χ2v) is 21.2. The van der Waals surface area contributed by atoms with Crippen LogP contribution in [0.1, 0.15) is 48.6 Å². The largest absolute Gasteiger partial charge is 0.311 e. The van der Waals surface area contributed by atoms with Gasteiger partial charge in [-0.3, -0.25) is 0 Å². The fourth-order valence-corrected chi connectivity index (χ4v) is 13.7. The maximum absolute atomic E-state index is 2.44. The van der Waals surface area contributed by atoms with E-state index in [-0.39, 0.29) is 10.8 Å². The smallest absolute Gasteiger partial charge is 0.0462 e. The molecule has 0 amide bonds. The summed E-state index contributed by atoms with van der Waals surface area (Å²) in [5.41, 5.74) is 22.5. The van der Waals surface area contributed by atoms with Gasteiger partial charge in [0.15, 0.2) is 0 Å². The van der Waals surface area contributed by atoms with Crippen molar-refractivity contribution in [3.05, 3.63) is 270 Å². The number of fused-ring (bicyclic) bond motifs is 11. The highest BCUT2D eigenvalue weighted by Gasteiger charge is 2.41. The highest BCUT2D eigenvalue weighted by molar-refractivity contribution is 7.26. The Bertz CT molecular complexity index is 4070. The summed E-state index contributed by atoms with van der Waals surface area (Å²) >= 11 is 1.90. The van der Waals surface area contributed by atoms with Crippen LogP contribution in [-0.2, 0) is 10.8 Å². The van der Waals surface area contributed by atoms with E-state index in [2.05, 4.69) is 268 Å². The Morgan fingerprint density at radius 1 is 0.352 bits per heavy atom.